The van der Waals surface area contributed by atoms with E-state index < -0.39 is 22.2 Å². The Kier molecular flexibility index (Phi) is 4.91. The molecule has 0 spiro atoms. The number of aliphatic carboxylic acids is 1. The number of carbonyl (C=O) groups excluding carboxylic acids is 1. The number of benzene rings is 1. The Hall–Kier alpha value is -3.27. The zero-order valence-corrected chi connectivity index (χ0v) is 14.6. The number of nitro groups is 1. The Balaban J connectivity index is 1.83. The van der Waals surface area contributed by atoms with E-state index in [4.69, 9.17) is 4.74 Å². The summed E-state index contributed by atoms with van der Waals surface area (Å²) >= 11 is 0. The fourth-order valence-electron chi connectivity index (χ4n) is 3.22. The lowest BCUT2D eigenvalue weighted by molar-refractivity contribution is -0.384. The van der Waals surface area contributed by atoms with Gasteiger partial charge < -0.3 is 14.7 Å². The second-order valence-electron chi connectivity index (χ2n) is 6.39. The average Bonchev–Trinajstić information content (AvgIpc) is 3.30. The predicted molar refractivity (Wildman–Crippen MR) is 92.7 cm³/mol. The Morgan fingerprint density at radius 2 is 2.11 bits per heavy atom. The van der Waals surface area contributed by atoms with Crippen molar-refractivity contribution in [2.24, 2.45) is 5.41 Å². The molecular formula is C17H18N4O6. The van der Waals surface area contributed by atoms with Crippen LogP contribution in [0.1, 0.15) is 16.9 Å². The SMILES string of the molecule is COCC1(C(=O)O)CCN(C(=O)c2ccn(-c3ccccc3[N+](=O)[O-])n2)C1. The standard InChI is InChI=1S/C17H18N4O6/c1-27-11-17(16(23)24)7-9-19(10-17)15(22)12-6-8-20(18-12)13-4-2-3-5-14(13)21(25)26/h2-6,8H,7,9-11H2,1H3,(H,23,24). The molecule has 1 unspecified atom stereocenters. The zero-order chi connectivity index (χ0) is 19.6. The Labute approximate surface area is 154 Å². The molecule has 10 nitrogen and oxygen atoms in total. The molecule has 27 heavy (non-hydrogen) atoms. The first-order valence-electron chi connectivity index (χ1n) is 8.19. The predicted octanol–water partition coefficient (Wildman–Crippen LogP) is 1.34. The molecule has 1 fully saturated rings. The summed E-state index contributed by atoms with van der Waals surface area (Å²) in [6, 6.07) is 7.52. The number of carboxylic acid groups (broad SMARTS) is 1. The number of methoxy groups -OCH3 is 1. The lowest BCUT2D eigenvalue weighted by Gasteiger charge is -2.23. The number of amides is 1. The molecule has 1 atom stereocenters. The molecule has 1 aromatic heterocycles. The lowest BCUT2D eigenvalue weighted by atomic mass is 9.88. The van der Waals surface area contributed by atoms with Crippen molar-refractivity contribution in [2.45, 2.75) is 6.42 Å². The van der Waals surface area contributed by atoms with Crippen LogP contribution in [-0.2, 0) is 9.53 Å². The normalized spacial score (nSPS) is 19.2. The van der Waals surface area contributed by atoms with Crippen LogP contribution in [0.3, 0.4) is 0 Å². The van der Waals surface area contributed by atoms with Gasteiger partial charge in [-0.05, 0) is 18.6 Å². The topological polar surface area (TPSA) is 128 Å². The fraction of sp³-hybridized carbons (Fsp3) is 0.353. The zero-order valence-electron chi connectivity index (χ0n) is 14.6. The molecule has 0 aliphatic carbocycles. The summed E-state index contributed by atoms with van der Waals surface area (Å²) in [5.74, 6) is -1.43. The van der Waals surface area contributed by atoms with Gasteiger partial charge in [0, 0.05) is 32.5 Å². The quantitative estimate of drug-likeness (QED) is 0.597. The minimum absolute atomic E-state index is 0.0107. The highest BCUT2D eigenvalue weighted by molar-refractivity contribution is 5.93. The van der Waals surface area contributed by atoms with Crippen LogP contribution in [0.5, 0.6) is 0 Å². The molecule has 142 valence electrons. The number of rotatable bonds is 6. The number of ether oxygens (including phenoxy) is 1. The van der Waals surface area contributed by atoms with E-state index in [1.165, 1.54) is 41.1 Å². The number of carboxylic acids is 1. The molecule has 10 heteroatoms. The number of nitrogens with zero attached hydrogens (tertiary/aromatic N) is 4. The molecule has 2 aromatic rings. The van der Waals surface area contributed by atoms with Crippen LogP contribution < -0.4 is 0 Å². The molecule has 1 amide bonds. The molecule has 0 radical (unpaired) electrons. The van der Waals surface area contributed by atoms with Crippen molar-refractivity contribution in [1.82, 2.24) is 14.7 Å². The number of aromatic nitrogens is 2. The molecule has 3 rings (SSSR count). The number of carbonyl (C=O) groups is 2. The summed E-state index contributed by atoms with van der Waals surface area (Å²) in [6.07, 6.45) is 1.75. The molecule has 2 heterocycles. The van der Waals surface area contributed by atoms with Crippen molar-refractivity contribution in [3.05, 3.63) is 52.3 Å². The molecular weight excluding hydrogens is 356 g/mol. The number of hydrogen-bond donors (Lipinski definition) is 1. The maximum Gasteiger partial charge on any atom is 0.313 e. The van der Waals surface area contributed by atoms with Gasteiger partial charge in [-0.15, -0.1) is 0 Å². The lowest BCUT2D eigenvalue weighted by Crippen LogP contribution is -2.40. The van der Waals surface area contributed by atoms with Crippen molar-refractivity contribution in [3.63, 3.8) is 0 Å². The van der Waals surface area contributed by atoms with Crippen LogP contribution in [-0.4, -0.2) is 63.4 Å². The van der Waals surface area contributed by atoms with Gasteiger partial charge in [-0.1, -0.05) is 12.1 Å². The Morgan fingerprint density at radius 1 is 1.37 bits per heavy atom. The second kappa shape index (κ2) is 7.16. The summed E-state index contributed by atoms with van der Waals surface area (Å²) < 4.78 is 6.28. The molecule has 1 aliphatic rings. The summed E-state index contributed by atoms with van der Waals surface area (Å²) in [6.45, 7) is 0.303. The molecule has 0 saturated carbocycles. The van der Waals surface area contributed by atoms with Crippen LogP contribution in [0.4, 0.5) is 5.69 Å². The van der Waals surface area contributed by atoms with Crippen molar-refractivity contribution >= 4 is 17.6 Å². The van der Waals surface area contributed by atoms with Crippen LogP contribution in [0.25, 0.3) is 5.69 Å². The summed E-state index contributed by atoms with van der Waals surface area (Å²) in [4.78, 5) is 36.4. The largest absolute Gasteiger partial charge is 0.481 e. The molecule has 1 aliphatic heterocycles. The van der Waals surface area contributed by atoms with Gasteiger partial charge in [0.15, 0.2) is 5.69 Å². The van der Waals surface area contributed by atoms with Crippen molar-refractivity contribution in [2.75, 3.05) is 26.8 Å². The number of likely N-dealkylation sites (tertiary alicyclic amines) is 1. The monoisotopic (exact) mass is 374 g/mol. The highest BCUT2D eigenvalue weighted by atomic mass is 16.6. The molecule has 1 N–H and O–H groups in total. The Bertz CT molecular complexity index is 895. The van der Waals surface area contributed by atoms with E-state index in [2.05, 4.69) is 5.10 Å². The summed E-state index contributed by atoms with van der Waals surface area (Å²) in [7, 11) is 1.42. The van der Waals surface area contributed by atoms with Crippen LogP contribution in [0.15, 0.2) is 36.5 Å². The molecule has 1 aromatic carbocycles. The van der Waals surface area contributed by atoms with E-state index in [-0.39, 0.29) is 43.2 Å². The smallest absolute Gasteiger partial charge is 0.313 e. The van der Waals surface area contributed by atoms with Gasteiger partial charge in [0.25, 0.3) is 11.6 Å². The summed E-state index contributed by atoms with van der Waals surface area (Å²) in [5.41, 5.74) is -0.940. The van der Waals surface area contributed by atoms with E-state index in [1.807, 2.05) is 0 Å². The third kappa shape index (κ3) is 3.38. The maximum atomic E-state index is 12.7. The first-order chi connectivity index (χ1) is 12.9. The van der Waals surface area contributed by atoms with Gasteiger partial charge in [0.2, 0.25) is 0 Å². The van der Waals surface area contributed by atoms with Gasteiger partial charge in [-0.25, -0.2) is 4.68 Å². The van der Waals surface area contributed by atoms with Crippen molar-refractivity contribution in [3.8, 4) is 5.69 Å². The molecule has 1 saturated heterocycles. The van der Waals surface area contributed by atoms with E-state index in [0.29, 0.717) is 0 Å². The minimum Gasteiger partial charge on any atom is -0.481 e. The highest BCUT2D eigenvalue weighted by Crippen LogP contribution is 2.32. The van der Waals surface area contributed by atoms with E-state index >= 15 is 0 Å². The van der Waals surface area contributed by atoms with Crippen LogP contribution >= 0.6 is 0 Å². The van der Waals surface area contributed by atoms with E-state index in [1.54, 1.807) is 12.1 Å². The van der Waals surface area contributed by atoms with Crippen LogP contribution in [0.2, 0.25) is 0 Å². The molecule has 0 bridgehead atoms. The van der Waals surface area contributed by atoms with E-state index in [0.717, 1.165) is 0 Å². The summed E-state index contributed by atoms with van der Waals surface area (Å²) in [5, 5.41) is 24.8. The number of para-hydroxylation sites is 2. The van der Waals surface area contributed by atoms with Crippen LogP contribution in [0, 0.1) is 15.5 Å². The van der Waals surface area contributed by atoms with Gasteiger partial charge in [0.1, 0.15) is 11.1 Å². The van der Waals surface area contributed by atoms with E-state index in [9.17, 15) is 24.8 Å². The van der Waals surface area contributed by atoms with Gasteiger partial charge in [0.05, 0.1) is 11.5 Å². The third-order valence-corrected chi connectivity index (χ3v) is 4.65. The second-order valence-corrected chi connectivity index (χ2v) is 6.39. The first-order valence-corrected chi connectivity index (χ1v) is 8.19. The maximum absolute atomic E-state index is 12.7. The fourth-order valence-corrected chi connectivity index (χ4v) is 3.22. The first kappa shape index (κ1) is 18.5. The number of hydrogen-bond acceptors (Lipinski definition) is 6. The van der Waals surface area contributed by atoms with Crippen molar-refractivity contribution in [1.29, 1.82) is 0 Å². The van der Waals surface area contributed by atoms with Gasteiger partial charge in [-0.2, -0.15) is 5.10 Å². The van der Waals surface area contributed by atoms with Crippen molar-refractivity contribution < 1.29 is 24.4 Å². The number of nitro benzene ring substituents is 1. The Morgan fingerprint density at radius 3 is 2.78 bits per heavy atom. The van der Waals surface area contributed by atoms with Gasteiger partial charge >= 0.3 is 5.97 Å². The minimum atomic E-state index is -1.13. The third-order valence-electron chi connectivity index (χ3n) is 4.65. The highest BCUT2D eigenvalue weighted by Gasteiger charge is 2.46. The average molecular weight is 374 g/mol. The van der Waals surface area contributed by atoms with Gasteiger partial charge in [-0.3, -0.25) is 19.7 Å².